The van der Waals surface area contributed by atoms with Gasteiger partial charge in [-0.25, -0.2) is 0 Å². The van der Waals surface area contributed by atoms with Crippen LogP contribution in [-0.2, 0) is 6.54 Å². The van der Waals surface area contributed by atoms with E-state index in [1.165, 1.54) is 42.3 Å². The van der Waals surface area contributed by atoms with Crippen LogP contribution in [0.25, 0.3) is 0 Å². The van der Waals surface area contributed by atoms with E-state index in [0.717, 1.165) is 11.9 Å². The fourth-order valence-electron chi connectivity index (χ4n) is 2.49. The molecule has 1 fully saturated rings. The molecule has 0 saturated carbocycles. The number of likely N-dealkylation sites (tertiary alicyclic amines) is 1. The lowest BCUT2D eigenvalue weighted by Gasteiger charge is -2.28. The lowest BCUT2D eigenvalue weighted by molar-refractivity contribution is 0.209. The maximum atomic E-state index is 3.66. The number of rotatable bonds is 3. The van der Waals surface area contributed by atoms with Crippen molar-refractivity contribution < 1.29 is 0 Å². The third-order valence-electron chi connectivity index (χ3n) is 3.45. The Balaban J connectivity index is 2.04. The van der Waals surface area contributed by atoms with E-state index in [2.05, 4.69) is 61.0 Å². The Labute approximate surface area is 121 Å². The normalized spacial score (nSPS) is 22.4. The Morgan fingerprint density at radius 2 is 2.12 bits per heavy atom. The molecule has 0 radical (unpaired) electrons. The highest BCUT2D eigenvalue weighted by atomic mass is 79.9. The first-order chi connectivity index (χ1) is 8.29. The molecule has 17 heavy (non-hydrogen) atoms. The second kappa shape index (κ2) is 6.91. The monoisotopic (exact) mass is 359 g/mol. The van der Waals surface area contributed by atoms with Gasteiger partial charge in [0.1, 0.15) is 0 Å². The summed E-state index contributed by atoms with van der Waals surface area (Å²) < 4.78 is 1.18. The van der Waals surface area contributed by atoms with Gasteiger partial charge in [0, 0.05) is 22.4 Å². The predicted octanol–water partition coefficient (Wildman–Crippen LogP) is 4.59. The van der Waals surface area contributed by atoms with E-state index in [1.54, 1.807) is 0 Å². The molecule has 1 aliphatic heterocycles. The van der Waals surface area contributed by atoms with Gasteiger partial charge in [-0.05, 0) is 37.1 Å². The Hall–Kier alpha value is 0.140. The van der Waals surface area contributed by atoms with E-state index in [9.17, 15) is 0 Å². The fourth-order valence-corrected chi connectivity index (χ4v) is 3.67. The molecule has 1 atom stereocenters. The van der Waals surface area contributed by atoms with Crippen LogP contribution in [0.15, 0.2) is 28.7 Å². The van der Waals surface area contributed by atoms with Crippen LogP contribution in [0.4, 0.5) is 0 Å². The van der Waals surface area contributed by atoms with Gasteiger partial charge in [-0.15, -0.1) is 0 Å². The predicted molar refractivity (Wildman–Crippen MR) is 80.6 cm³/mol. The number of alkyl halides is 1. The maximum Gasteiger partial charge on any atom is 0.0237 e. The van der Waals surface area contributed by atoms with Gasteiger partial charge in [-0.3, -0.25) is 4.90 Å². The molecule has 94 valence electrons. The molecular weight excluding hydrogens is 342 g/mol. The van der Waals surface area contributed by atoms with Crippen LogP contribution in [0.5, 0.6) is 0 Å². The number of halogens is 2. The van der Waals surface area contributed by atoms with Crippen molar-refractivity contribution in [2.75, 3.05) is 11.9 Å². The van der Waals surface area contributed by atoms with Crippen molar-refractivity contribution in [1.82, 2.24) is 4.90 Å². The topological polar surface area (TPSA) is 3.24 Å². The Morgan fingerprint density at radius 1 is 1.24 bits per heavy atom. The zero-order chi connectivity index (χ0) is 12.1. The van der Waals surface area contributed by atoms with E-state index in [4.69, 9.17) is 0 Å². The van der Waals surface area contributed by atoms with Crippen molar-refractivity contribution in [1.29, 1.82) is 0 Å². The van der Waals surface area contributed by atoms with Crippen LogP contribution >= 0.6 is 31.9 Å². The molecule has 2 rings (SSSR count). The largest absolute Gasteiger partial charge is 0.295 e. The second-order valence-corrected chi connectivity index (χ2v) is 6.32. The molecule has 1 unspecified atom stereocenters. The quantitative estimate of drug-likeness (QED) is 0.712. The molecule has 3 heteroatoms. The average molecular weight is 361 g/mol. The molecule has 0 bridgehead atoms. The summed E-state index contributed by atoms with van der Waals surface area (Å²) in [5, 5.41) is 1.10. The van der Waals surface area contributed by atoms with Crippen molar-refractivity contribution in [3.8, 4) is 0 Å². The summed E-state index contributed by atoms with van der Waals surface area (Å²) >= 11 is 7.21. The summed E-state index contributed by atoms with van der Waals surface area (Å²) in [6, 6.07) is 9.38. The minimum Gasteiger partial charge on any atom is -0.295 e. The van der Waals surface area contributed by atoms with Crippen LogP contribution in [0.1, 0.15) is 31.2 Å². The Bertz CT molecular complexity index is 354. The van der Waals surface area contributed by atoms with Crippen molar-refractivity contribution in [3.63, 3.8) is 0 Å². The molecule has 0 aliphatic carbocycles. The maximum absolute atomic E-state index is 3.66. The molecule has 1 saturated heterocycles. The van der Waals surface area contributed by atoms with E-state index in [-0.39, 0.29) is 0 Å². The minimum atomic E-state index is 0.705. The molecule has 0 amide bonds. The standard InChI is InChI=1S/C14H19Br2N/c15-10-14-7-2-1-3-8-17(14)11-12-5-4-6-13(16)9-12/h4-6,9,14H,1-3,7-8,10-11H2. The average Bonchev–Trinajstić information content (AvgIpc) is 2.54. The number of hydrogen-bond donors (Lipinski definition) is 0. The lowest BCUT2D eigenvalue weighted by Crippen LogP contribution is -2.35. The molecule has 1 nitrogen and oxygen atoms in total. The van der Waals surface area contributed by atoms with Crippen molar-refractivity contribution in [2.24, 2.45) is 0 Å². The molecule has 1 aliphatic rings. The number of nitrogens with zero attached hydrogens (tertiary/aromatic N) is 1. The first-order valence-electron chi connectivity index (χ1n) is 6.34. The van der Waals surface area contributed by atoms with Crippen molar-refractivity contribution >= 4 is 31.9 Å². The van der Waals surface area contributed by atoms with E-state index in [0.29, 0.717) is 6.04 Å². The molecule has 0 N–H and O–H groups in total. The Morgan fingerprint density at radius 3 is 2.88 bits per heavy atom. The van der Waals surface area contributed by atoms with E-state index < -0.39 is 0 Å². The second-order valence-electron chi connectivity index (χ2n) is 4.76. The fraction of sp³-hybridized carbons (Fsp3) is 0.571. The number of benzene rings is 1. The lowest BCUT2D eigenvalue weighted by atomic mass is 10.1. The highest BCUT2D eigenvalue weighted by molar-refractivity contribution is 9.10. The van der Waals surface area contributed by atoms with Gasteiger partial charge >= 0.3 is 0 Å². The van der Waals surface area contributed by atoms with Crippen LogP contribution in [-0.4, -0.2) is 22.8 Å². The van der Waals surface area contributed by atoms with Gasteiger partial charge in [0.2, 0.25) is 0 Å². The highest BCUT2D eigenvalue weighted by Crippen LogP contribution is 2.21. The van der Waals surface area contributed by atoms with Crippen molar-refractivity contribution in [3.05, 3.63) is 34.3 Å². The van der Waals surface area contributed by atoms with Gasteiger partial charge in [0.05, 0.1) is 0 Å². The van der Waals surface area contributed by atoms with Crippen LogP contribution in [0.2, 0.25) is 0 Å². The molecule has 0 spiro atoms. The van der Waals surface area contributed by atoms with Crippen molar-refractivity contribution in [2.45, 2.75) is 38.3 Å². The van der Waals surface area contributed by atoms with E-state index in [1.807, 2.05) is 0 Å². The molecule has 1 heterocycles. The van der Waals surface area contributed by atoms with Crippen LogP contribution in [0.3, 0.4) is 0 Å². The smallest absolute Gasteiger partial charge is 0.0237 e. The van der Waals surface area contributed by atoms with Gasteiger partial charge in [0.25, 0.3) is 0 Å². The summed E-state index contributed by atoms with van der Waals surface area (Å²) in [5.41, 5.74) is 1.41. The summed E-state index contributed by atoms with van der Waals surface area (Å²) in [6.07, 6.45) is 5.44. The zero-order valence-electron chi connectivity index (χ0n) is 10.0. The van der Waals surface area contributed by atoms with E-state index >= 15 is 0 Å². The Kier molecular flexibility index (Phi) is 5.51. The molecule has 1 aromatic carbocycles. The summed E-state index contributed by atoms with van der Waals surface area (Å²) in [7, 11) is 0. The highest BCUT2D eigenvalue weighted by Gasteiger charge is 2.19. The van der Waals surface area contributed by atoms with Gasteiger partial charge < -0.3 is 0 Å². The molecular formula is C14H19Br2N. The van der Waals surface area contributed by atoms with Crippen LogP contribution < -0.4 is 0 Å². The van der Waals surface area contributed by atoms with Gasteiger partial charge in [-0.1, -0.05) is 56.8 Å². The first kappa shape index (κ1) is 13.6. The molecule has 0 aromatic heterocycles. The minimum absolute atomic E-state index is 0.705. The number of hydrogen-bond acceptors (Lipinski definition) is 1. The molecule has 1 aromatic rings. The third kappa shape index (κ3) is 4.08. The van der Waals surface area contributed by atoms with Crippen LogP contribution in [0, 0.1) is 0 Å². The first-order valence-corrected chi connectivity index (χ1v) is 8.25. The zero-order valence-corrected chi connectivity index (χ0v) is 13.2. The SMILES string of the molecule is BrCC1CCCCCN1Cc1cccc(Br)c1. The summed E-state index contributed by atoms with van der Waals surface area (Å²) in [6.45, 7) is 2.32. The summed E-state index contributed by atoms with van der Waals surface area (Å²) in [5.74, 6) is 0. The summed E-state index contributed by atoms with van der Waals surface area (Å²) in [4.78, 5) is 2.63. The van der Waals surface area contributed by atoms with Gasteiger partial charge in [0.15, 0.2) is 0 Å². The van der Waals surface area contributed by atoms with Gasteiger partial charge in [-0.2, -0.15) is 0 Å². The third-order valence-corrected chi connectivity index (χ3v) is 4.69.